The number of hydrogen-bond acceptors (Lipinski definition) is 2. The molecule has 1 atom stereocenters. The normalized spacial score (nSPS) is 14.2. The first-order chi connectivity index (χ1) is 30.8. The first-order valence-corrected chi connectivity index (χ1v) is 22.7. The molecule has 0 radical (unpaired) electrons. The topological polar surface area (TPSA) is 24.4 Å². The number of aliphatic imine (C=N–C) groups is 1. The van der Waals surface area contributed by atoms with Crippen LogP contribution in [0.1, 0.15) is 86.5 Å². The minimum atomic E-state index is -0.136. The smallest absolute Gasteiger partial charge is 0.133 e. The third-order valence-corrected chi connectivity index (χ3v) is 13.1. The van der Waals surface area contributed by atoms with Crippen LogP contribution in [-0.4, -0.2) is 5.84 Å². The SMILES string of the molecule is CC.CC.CC1(C)c2ccccc2-c2ccc(C3N=C(c4ccc(-c5ccc6ccc7cccc8ccc5c6c78)cc4)Nc4c3ccc3ccccc43)cc21.Cc1ccccc1C. The van der Waals surface area contributed by atoms with E-state index in [1.807, 2.05) is 27.7 Å². The van der Waals surface area contributed by atoms with Crippen LogP contribution in [0.3, 0.4) is 0 Å². The number of nitrogens with zero attached hydrogens (tertiary/aromatic N) is 1. The number of benzene rings is 10. The van der Waals surface area contributed by atoms with E-state index < -0.39 is 0 Å². The van der Waals surface area contributed by atoms with Crippen molar-refractivity contribution in [2.24, 2.45) is 4.99 Å². The molecule has 0 saturated carbocycles. The van der Waals surface area contributed by atoms with Crippen LogP contribution >= 0.6 is 0 Å². The molecular formula is C61H56N2. The first kappa shape index (κ1) is 41.3. The zero-order valence-corrected chi connectivity index (χ0v) is 37.8. The van der Waals surface area contributed by atoms with Gasteiger partial charge < -0.3 is 5.32 Å². The third kappa shape index (κ3) is 7.14. The van der Waals surface area contributed by atoms with E-state index in [0.29, 0.717) is 0 Å². The molecule has 1 unspecified atom stereocenters. The van der Waals surface area contributed by atoms with Crippen molar-refractivity contribution in [3.05, 3.63) is 221 Å². The Morgan fingerprint density at radius 3 is 1.73 bits per heavy atom. The van der Waals surface area contributed by atoms with Gasteiger partial charge in [0.2, 0.25) is 0 Å². The Hall–Kier alpha value is -7.03. The van der Waals surface area contributed by atoms with Gasteiger partial charge in [0.05, 0.1) is 5.69 Å². The van der Waals surface area contributed by atoms with E-state index in [9.17, 15) is 0 Å². The Balaban J connectivity index is 0.000000374. The molecule has 0 aromatic heterocycles. The van der Waals surface area contributed by atoms with E-state index in [1.165, 1.54) is 98.7 Å². The second-order valence-electron chi connectivity index (χ2n) is 16.9. The van der Waals surface area contributed by atoms with Crippen molar-refractivity contribution in [2.75, 3.05) is 5.32 Å². The van der Waals surface area contributed by atoms with Gasteiger partial charge in [-0.25, -0.2) is 0 Å². The maximum absolute atomic E-state index is 5.51. The summed E-state index contributed by atoms with van der Waals surface area (Å²) in [4.78, 5) is 5.51. The molecule has 1 N–H and O–H groups in total. The van der Waals surface area contributed by atoms with Gasteiger partial charge in [0.25, 0.3) is 0 Å². The minimum absolute atomic E-state index is 0.0748. The zero-order valence-electron chi connectivity index (χ0n) is 37.8. The molecule has 10 aromatic rings. The van der Waals surface area contributed by atoms with Crippen molar-refractivity contribution in [1.82, 2.24) is 0 Å². The number of aryl methyl sites for hydroxylation is 2. The second-order valence-corrected chi connectivity index (χ2v) is 16.9. The maximum Gasteiger partial charge on any atom is 0.133 e. The Kier molecular flexibility index (Phi) is 11.2. The molecule has 63 heavy (non-hydrogen) atoms. The lowest BCUT2D eigenvalue weighted by Crippen LogP contribution is -2.23. The van der Waals surface area contributed by atoms with E-state index in [1.54, 1.807) is 0 Å². The molecule has 1 aliphatic heterocycles. The van der Waals surface area contributed by atoms with E-state index in [0.717, 1.165) is 17.1 Å². The molecular weight excluding hydrogens is 761 g/mol. The van der Waals surface area contributed by atoms with Crippen LogP contribution in [0.2, 0.25) is 0 Å². The largest absolute Gasteiger partial charge is 0.339 e. The summed E-state index contributed by atoms with van der Waals surface area (Å²) >= 11 is 0. The molecule has 0 saturated heterocycles. The van der Waals surface area contributed by atoms with Crippen molar-refractivity contribution in [2.45, 2.75) is 66.8 Å². The van der Waals surface area contributed by atoms with E-state index in [2.05, 4.69) is 215 Å². The average Bonchev–Trinajstić information content (AvgIpc) is 3.57. The number of hydrogen-bond donors (Lipinski definition) is 1. The number of rotatable bonds is 3. The van der Waals surface area contributed by atoms with Crippen molar-refractivity contribution in [3.8, 4) is 22.3 Å². The molecule has 0 amide bonds. The summed E-state index contributed by atoms with van der Waals surface area (Å²) in [6.07, 6.45) is 0. The van der Waals surface area contributed by atoms with Gasteiger partial charge in [0, 0.05) is 21.9 Å². The maximum atomic E-state index is 5.51. The van der Waals surface area contributed by atoms with Gasteiger partial charge in [0.15, 0.2) is 0 Å². The Bertz CT molecular complexity index is 3260. The van der Waals surface area contributed by atoms with Gasteiger partial charge in [0.1, 0.15) is 11.9 Å². The predicted octanol–water partition coefficient (Wildman–Crippen LogP) is 17.0. The molecule has 0 spiro atoms. The highest BCUT2D eigenvalue weighted by Gasteiger charge is 2.36. The summed E-state index contributed by atoms with van der Waals surface area (Å²) in [7, 11) is 0. The quantitative estimate of drug-likeness (QED) is 0.177. The standard InChI is InChI=1S/C49H34N2.C8H10.2C2H6/c1-49(2)42-13-6-5-12-38(42)39-25-23-35(28-43(39)49)46-41-27-20-29-8-3-4-11-37(29)47(41)51-48(50-46)34-18-14-30(15-19-34)36-24-21-33-17-16-31-9-7-10-32-22-26-40(36)45(33)44(31)32;1-7-5-3-4-6-8(7)2;2*1-2/h3-28,46H,1-2H3,(H,50,51);3-6H,1-2H3;2*1-2H3. The third-order valence-electron chi connectivity index (χ3n) is 13.1. The molecule has 12 rings (SSSR count). The lowest BCUT2D eigenvalue weighted by molar-refractivity contribution is 0.658. The van der Waals surface area contributed by atoms with Gasteiger partial charge in [-0.05, 0) is 102 Å². The highest BCUT2D eigenvalue weighted by molar-refractivity contribution is 6.25. The van der Waals surface area contributed by atoms with Crippen molar-refractivity contribution in [1.29, 1.82) is 0 Å². The highest BCUT2D eigenvalue weighted by atomic mass is 15.0. The molecule has 2 nitrogen and oxygen atoms in total. The number of anilines is 1. The van der Waals surface area contributed by atoms with Gasteiger partial charge >= 0.3 is 0 Å². The Labute approximate surface area is 373 Å². The number of nitrogens with one attached hydrogen (secondary N) is 1. The predicted molar refractivity (Wildman–Crippen MR) is 274 cm³/mol. The van der Waals surface area contributed by atoms with Crippen molar-refractivity contribution >= 4 is 54.6 Å². The summed E-state index contributed by atoms with van der Waals surface area (Å²) in [6, 6.07) is 66.4. The molecule has 2 aliphatic rings. The van der Waals surface area contributed by atoms with Gasteiger partial charge in [-0.2, -0.15) is 0 Å². The fourth-order valence-electron chi connectivity index (χ4n) is 9.76. The molecule has 1 aliphatic carbocycles. The summed E-state index contributed by atoms with van der Waals surface area (Å²) in [6.45, 7) is 16.9. The molecule has 0 fully saturated rings. The fraction of sp³-hybridized carbons (Fsp3) is 0.164. The lowest BCUT2D eigenvalue weighted by atomic mass is 9.81. The minimum Gasteiger partial charge on any atom is -0.339 e. The van der Waals surface area contributed by atoms with Crippen LogP contribution in [0.4, 0.5) is 5.69 Å². The van der Waals surface area contributed by atoms with Crippen LogP contribution in [0.5, 0.6) is 0 Å². The van der Waals surface area contributed by atoms with Crippen LogP contribution < -0.4 is 5.32 Å². The highest BCUT2D eigenvalue weighted by Crippen LogP contribution is 2.50. The van der Waals surface area contributed by atoms with Gasteiger partial charge in [-0.3, -0.25) is 4.99 Å². The van der Waals surface area contributed by atoms with Gasteiger partial charge in [-0.1, -0.05) is 224 Å². The van der Waals surface area contributed by atoms with Gasteiger partial charge in [-0.15, -0.1) is 0 Å². The van der Waals surface area contributed by atoms with Crippen LogP contribution in [-0.2, 0) is 5.41 Å². The van der Waals surface area contributed by atoms with Crippen LogP contribution in [0.15, 0.2) is 187 Å². The molecule has 0 bridgehead atoms. The Morgan fingerprint density at radius 2 is 1.00 bits per heavy atom. The number of fused-ring (bicyclic) bond motifs is 6. The van der Waals surface area contributed by atoms with Crippen LogP contribution in [0, 0.1) is 13.8 Å². The van der Waals surface area contributed by atoms with Crippen molar-refractivity contribution < 1.29 is 0 Å². The first-order valence-electron chi connectivity index (χ1n) is 22.7. The fourth-order valence-corrected chi connectivity index (χ4v) is 9.76. The molecule has 2 heteroatoms. The molecule has 310 valence electrons. The summed E-state index contributed by atoms with van der Waals surface area (Å²) in [5.41, 5.74) is 15.2. The summed E-state index contributed by atoms with van der Waals surface area (Å²) in [5, 5.41) is 14.1. The zero-order chi connectivity index (χ0) is 43.8. The van der Waals surface area contributed by atoms with E-state index in [-0.39, 0.29) is 11.5 Å². The molecule has 1 heterocycles. The summed E-state index contributed by atoms with van der Waals surface area (Å²) < 4.78 is 0. The van der Waals surface area contributed by atoms with Crippen molar-refractivity contribution in [3.63, 3.8) is 0 Å². The number of amidine groups is 1. The average molecular weight is 817 g/mol. The van der Waals surface area contributed by atoms with E-state index >= 15 is 0 Å². The van der Waals surface area contributed by atoms with Crippen LogP contribution in [0.25, 0.3) is 65.3 Å². The second kappa shape index (κ2) is 17.0. The van der Waals surface area contributed by atoms with E-state index in [4.69, 9.17) is 4.99 Å². The monoisotopic (exact) mass is 816 g/mol. The molecule has 10 aromatic carbocycles. The lowest BCUT2D eigenvalue weighted by Gasteiger charge is -2.28. The summed E-state index contributed by atoms with van der Waals surface area (Å²) in [5.74, 6) is 0.897. The Morgan fingerprint density at radius 1 is 0.444 bits per heavy atom.